The number of thioether (sulfide) groups is 1. The van der Waals surface area contributed by atoms with E-state index in [1.165, 1.54) is 16.7 Å². The Morgan fingerprint density at radius 3 is 3.06 bits per heavy atom. The largest absolute Gasteiger partial charge is 0.462 e. The van der Waals surface area contributed by atoms with Crippen LogP contribution < -0.4 is 0 Å². The van der Waals surface area contributed by atoms with Gasteiger partial charge in [-0.2, -0.15) is 0 Å². The van der Waals surface area contributed by atoms with E-state index in [4.69, 9.17) is 9.47 Å². The fourth-order valence-corrected chi connectivity index (χ4v) is 1.72. The highest BCUT2D eigenvalue weighted by Gasteiger charge is 2.17. The van der Waals surface area contributed by atoms with E-state index in [1.54, 1.807) is 11.6 Å². The summed E-state index contributed by atoms with van der Waals surface area (Å²) in [5, 5.41) is 1.79. The molecule has 0 N–H and O–H groups in total. The molecule has 1 heterocycles. The highest BCUT2D eigenvalue weighted by atomic mass is 32.2. The van der Waals surface area contributed by atoms with E-state index < -0.39 is 5.97 Å². The van der Waals surface area contributed by atoms with E-state index in [1.807, 2.05) is 6.92 Å². The minimum atomic E-state index is -0.412. The lowest BCUT2D eigenvalue weighted by molar-refractivity contribution is -0.148. The Morgan fingerprint density at radius 1 is 1.56 bits per heavy atom. The number of nitrogens with zero attached hydrogens (tertiary/aromatic N) is 1. The summed E-state index contributed by atoms with van der Waals surface area (Å²) in [4.78, 5) is 24.0. The Morgan fingerprint density at radius 2 is 2.38 bits per heavy atom. The second-order valence-corrected chi connectivity index (χ2v) is 3.93. The second-order valence-electron chi connectivity index (χ2n) is 3.04. The second kappa shape index (κ2) is 7.29. The molecule has 0 unspecified atom stereocenters. The molecule has 90 valence electrons. The van der Waals surface area contributed by atoms with Crippen molar-refractivity contribution in [3.63, 3.8) is 0 Å². The molecule has 0 radical (unpaired) electrons. The number of ether oxygens (including phenoxy) is 2. The Balaban J connectivity index is 2.20. The zero-order chi connectivity index (χ0) is 11.8. The third-order valence-electron chi connectivity index (χ3n) is 1.86. The van der Waals surface area contributed by atoms with Crippen LogP contribution in [0, 0.1) is 0 Å². The van der Waals surface area contributed by atoms with Gasteiger partial charge in [-0.05, 0) is 12.3 Å². The first-order valence-electron chi connectivity index (χ1n) is 5.05. The van der Waals surface area contributed by atoms with Crippen LogP contribution in [0.15, 0.2) is 11.6 Å². The molecule has 1 aliphatic rings. The smallest absolute Gasteiger partial charge is 0.326 e. The van der Waals surface area contributed by atoms with Crippen molar-refractivity contribution >= 4 is 23.6 Å². The summed E-state index contributed by atoms with van der Waals surface area (Å²) in [5.41, 5.74) is 0. The molecule has 0 fully saturated rings. The fraction of sp³-hybridized carbons (Fsp3) is 0.600. The van der Waals surface area contributed by atoms with Gasteiger partial charge in [0.1, 0.15) is 13.2 Å². The molecule has 6 heteroatoms. The Kier molecular flexibility index (Phi) is 5.95. The minimum Gasteiger partial charge on any atom is -0.462 e. The van der Waals surface area contributed by atoms with Gasteiger partial charge in [-0.15, -0.1) is 11.8 Å². The molecule has 0 aromatic heterocycles. The summed E-state index contributed by atoms with van der Waals surface area (Å²) in [6.07, 6.45) is 1.60. The first-order chi connectivity index (χ1) is 7.74. The van der Waals surface area contributed by atoms with Crippen molar-refractivity contribution in [3.8, 4) is 0 Å². The average Bonchev–Trinajstić information content (AvgIpc) is 2.28. The molecule has 5 nitrogen and oxygen atoms in total. The highest BCUT2D eigenvalue weighted by Crippen LogP contribution is 2.11. The van der Waals surface area contributed by atoms with Crippen molar-refractivity contribution in [2.45, 2.75) is 6.92 Å². The van der Waals surface area contributed by atoms with E-state index in [0.29, 0.717) is 19.0 Å². The maximum atomic E-state index is 11.3. The first-order valence-corrected chi connectivity index (χ1v) is 6.10. The summed E-state index contributed by atoms with van der Waals surface area (Å²) in [5.74, 6) is -0.109. The van der Waals surface area contributed by atoms with Crippen LogP contribution in [0.5, 0.6) is 0 Å². The lowest BCUT2D eigenvalue weighted by atomic mass is 10.5. The molecule has 0 aromatic rings. The molecule has 0 saturated carbocycles. The van der Waals surface area contributed by atoms with Gasteiger partial charge >= 0.3 is 5.97 Å². The summed E-state index contributed by atoms with van der Waals surface area (Å²) >= 11 is 1.41. The average molecular weight is 245 g/mol. The monoisotopic (exact) mass is 245 g/mol. The van der Waals surface area contributed by atoms with Gasteiger partial charge in [0.05, 0.1) is 12.4 Å². The van der Waals surface area contributed by atoms with Gasteiger partial charge in [0, 0.05) is 12.8 Å². The van der Waals surface area contributed by atoms with Crippen LogP contribution in [0.3, 0.4) is 0 Å². The van der Waals surface area contributed by atoms with Gasteiger partial charge in [0.25, 0.3) is 0 Å². The molecule has 0 saturated heterocycles. The fourth-order valence-electron chi connectivity index (χ4n) is 1.09. The summed E-state index contributed by atoms with van der Waals surface area (Å²) in [6, 6.07) is 0. The first kappa shape index (κ1) is 13.1. The van der Waals surface area contributed by atoms with E-state index in [-0.39, 0.29) is 19.1 Å². The van der Waals surface area contributed by atoms with Crippen molar-refractivity contribution in [1.82, 2.24) is 4.90 Å². The van der Waals surface area contributed by atoms with Crippen LogP contribution in [-0.4, -0.2) is 48.9 Å². The van der Waals surface area contributed by atoms with Gasteiger partial charge in [-0.3, -0.25) is 9.59 Å². The molecule has 1 amide bonds. The Hall–Kier alpha value is -1.01. The highest BCUT2D eigenvalue weighted by molar-refractivity contribution is 8.02. The number of amides is 1. The predicted octanol–water partition coefficient (Wildman–Crippen LogP) is 0.613. The third kappa shape index (κ3) is 4.67. The molecule has 0 aromatic carbocycles. The van der Waals surface area contributed by atoms with Crippen molar-refractivity contribution in [3.05, 3.63) is 11.6 Å². The van der Waals surface area contributed by atoms with Gasteiger partial charge in [-0.25, -0.2) is 0 Å². The Bertz CT molecular complexity index is 280. The van der Waals surface area contributed by atoms with Crippen molar-refractivity contribution in [2.24, 2.45) is 0 Å². The molecular formula is C10H15NO4S. The lowest BCUT2D eigenvalue weighted by Gasteiger charge is -2.19. The van der Waals surface area contributed by atoms with Gasteiger partial charge in [0.15, 0.2) is 0 Å². The van der Waals surface area contributed by atoms with Crippen molar-refractivity contribution in [2.75, 3.05) is 32.1 Å². The van der Waals surface area contributed by atoms with Gasteiger partial charge in [-0.1, -0.05) is 0 Å². The number of carbonyl (C=O) groups is 2. The molecule has 0 aliphatic carbocycles. The maximum Gasteiger partial charge on any atom is 0.326 e. The standard InChI is InChI=1S/C10H15NO4S/c1-2-14-4-5-15-10(13)7-11-3-6-16-8-9(11)12/h3,6H,2,4-5,7-8H2,1H3. The summed E-state index contributed by atoms with van der Waals surface area (Å²) < 4.78 is 9.92. The minimum absolute atomic E-state index is 0.0258. The van der Waals surface area contributed by atoms with Crippen LogP contribution >= 0.6 is 11.8 Å². The van der Waals surface area contributed by atoms with E-state index in [9.17, 15) is 9.59 Å². The van der Waals surface area contributed by atoms with Gasteiger partial charge in [0.2, 0.25) is 5.91 Å². The number of hydrogen-bond acceptors (Lipinski definition) is 5. The van der Waals surface area contributed by atoms with Crippen molar-refractivity contribution in [1.29, 1.82) is 0 Å². The molecule has 0 spiro atoms. The molecular weight excluding hydrogens is 230 g/mol. The zero-order valence-corrected chi connectivity index (χ0v) is 10.00. The molecule has 1 aliphatic heterocycles. The van der Waals surface area contributed by atoms with Crippen LogP contribution in [0.4, 0.5) is 0 Å². The number of carbonyl (C=O) groups excluding carboxylic acids is 2. The molecule has 1 rings (SSSR count). The summed E-state index contributed by atoms with van der Waals surface area (Å²) in [7, 11) is 0. The number of esters is 1. The molecule has 16 heavy (non-hydrogen) atoms. The number of hydrogen-bond donors (Lipinski definition) is 0. The topological polar surface area (TPSA) is 55.8 Å². The summed E-state index contributed by atoms with van der Waals surface area (Å²) in [6.45, 7) is 3.07. The van der Waals surface area contributed by atoms with Crippen LogP contribution in [0.2, 0.25) is 0 Å². The normalized spacial score (nSPS) is 15.3. The van der Waals surface area contributed by atoms with E-state index in [2.05, 4.69) is 0 Å². The lowest BCUT2D eigenvalue weighted by Crippen LogP contribution is -2.35. The van der Waals surface area contributed by atoms with Gasteiger partial charge < -0.3 is 14.4 Å². The number of rotatable bonds is 6. The van der Waals surface area contributed by atoms with Crippen LogP contribution in [0.1, 0.15) is 6.92 Å². The Labute approximate surface area is 98.8 Å². The zero-order valence-electron chi connectivity index (χ0n) is 9.18. The SMILES string of the molecule is CCOCCOC(=O)CN1C=CSCC1=O. The third-order valence-corrected chi connectivity index (χ3v) is 2.59. The van der Waals surface area contributed by atoms with Crippen LogP contribution in [-0.2, 0) is 19.1 Å². The maximum absolute atomic E-state index is 11.3. The van der Waals surface area contributed by atoms with Crippen molar-refractivity contribution < 1.29 is 19.1 Å². The molecule has 0 atom stereocenters. The quantitative estimate of drug-likeness (QED) is 0.507. The molecule has 0 bridgehead atoms. The van der Waals surface area contributed by atoms with E-state index >= 15 is 0 Å². The van der Waals surface area contributed by atoms with E-state index in [0.717, 1.165) is 0 Å². The van der Waals surface area contributed by atoms with Crippen LogP contribution in [0.25, 0.3) is 0 Å². The predicted molar refractivity (Wildman–Crippen MR) is 60.8 cm³/mol.